The summed E-state index contributed by atoms with van der Waals surface area (Å²) in [5.41, 5.74) is 0. The number of carbonyl (C=O) groups is 1. The molecule has 1 rings (SSSR count). The van der Waals surface area contributed by atoms with Crippen molar-refractivity contribution in [1.82, 2.24) is 4.90 Å². The predicted octanol–water partition coefficient (Wildman–Crippen LogP) is 1.54. The molecule has 0 fully saturated rings. The lowest BCUT2D eigenvalue weighted by atomic mass is 10.3. The fourth-order valence-electron chi connectivity index (χ4n) is 1.03. The van der Waals surface area contributed by atoms with Crippen LogP contribution >= 0.6 is 23.2 Å². The maximum absolute atomic E-state index is 11.3. The van der Waals surface area contributed by atoms with Crippen LogP contribution in [0.2, 0.25) is 0 Å². The highest BCUT2D eigenvalue weighted by atomic mass is 35.5. The van der Waals surface area contributed by atoms with Gasteiger partial charge in [0.15, 0.2) is 0 Å². The lowest BCUT2D eigenvalue weighted by molar-refractivity contribution is -0.125. The quantitative estimate of drug-likeness (QED) is 0.593. The Morgan fingerprint density at radius 2 is 2.25 bits per heavy atom. The van der Waals surface area contributed by atoms with Gasteiger partial charge in [-0.25, -0.2) is 0 Å². The van der Waals surface area contributed by atoms with E-state index in [2.05, 4.69) is 5.92 Å². The summed E-state index contributed by atoms with van der Waals surface area (Å²) in [6, 6.07) is -0.192. The second kappa shape index (κ2) is 3.38. The van der Waals surface area contributed by atoms with Crippen LogP contribution in [0.3, 0.4) is 0 Å². The van der Waals surface area contributed by atoms with Gasteiger partial charge in [0, 0.05) is 0 Å². The van der Waals surface area contributed by atoms with Gasteiger partial charge in [0.1, 0.15) is 5.03 Å². The second-order valence-corrected chi connectivity index (χ2v) is 3.26. The monoisotopic (exact) mass is 203 g/mol. The van der Waals surface area contributed by atoms with E-state index in [4.69, 9.17) is 29.6 Å². The standard InChI is InChI=1S/C8H7Cl2NO/c1-3-4-11-5(2)6(9)7(10)8(11)12/h1,5H,4H2,2H3. The number of halogens is 2. The molecular formula is C8H7Cl2NO. The molecule has 1 amide bonds. The lowest BCUT2D eigenvalue weighted by Crippen LogP contribution is -2.33. The van der Waals surface area contributed by atoms with Crippen LogP contribution in [0.15, 0.2) is 10.1 Å². The molecule has 1 aliphatic rings. The summed E-state index contributed by atoms with van der Waals surface area (Å²) in [5.74, 6) is 2.09. The predicted molar refractivity (Wildman–Crippen MR) is 48.7 cm³/mol. The number of amides is 1. The Labute approximate surface area is 81.1 Å². The number of carbonyl (C=O) groups excluding carboxylic acids is 1. The Bertz CT molecular complexity index is 290. The molecule has 0 aliphatic carbocycles. The average molecular weight is 204 g/mol. The van der Waals surface area contributed by atoms with Crippen molar-refractivity contribution in [2.24, 2.45) is 0 Å². The van der Waals surface area contributed by atoms with Crippen LogP contribution in [-0.4, -0.2) is 23.4 Å². The molecule has 0 radical (unpaired) electrons. The molecule has 0 spiro atoms. The van der Waals surface area contributed by atoms with Crippen LogP contribution in [0.5, 0.6) is 0 Å². The highest BCUT2D eigenvalue weighted by Gasteiger charge is 2.33. The molecule has 2 nitrogen and oxygen atoms in total. The van der Waals surface area contributed by atoms with E-state index in [1.54, 1.807) is 6.92 Å². The van der Waals surface area contributed by atoms with Gasteiger partial charge >= 0.3 is 0 Å². The highest BCUT2D eigenvalue weighted by Crippen LogP contribution is 2.30. The van der Waals surface area contributed by atoms with Gasteiger partial charge in [-0.15, -0.1) is 6.42 Å². The molecule has 4 heteroatoms. The normalized spacial score (nSPS) is 23.3. The number of terminal acetylenes is 1. The lowest BCUT2D eigenvalue weighted by Gasteiger charge is -2.18. The molecule has 0 aromatic rings. The number of rotatable bonds is 1. The zero-order chi connectivity index (χ0) is 9.30. The van der Waals surface area contributed by atoms with E-state index in [1.165, 1.54) is 4.90 Å². The van der Waals surface area contributed by atoms with E-state index < -0.39 is 0 Å². The van der Waals surface area contributed by atoms with Crippen molar-refractivity contribution in [2.45, 2.75) is 13.0 Å². The van der Waals surface area contributed by atoms with Crippen molar-refractivity contribution in [2.75, 3.05) is 6.54 Å². The molecule has 1 atom stereocenters. The van der Waals surface area contributed by atoms with Gasteiger partial charge in [0.2, 0.25) is 0 Å². The number of nitrogens with zero attached hydrogens (tertiary/aromatic N) is 1. The molecule has 0 saturated heterocycles. The van der Waals surface area contributed by atoms with Crippen LogP contribution in [-0.2, 0) is 4.79 Å². The summed E-state index contributed by atoms with van der Waals surface area (Å²) in [4.78, 5) is 12.7. The van der Waals surface area contributed by atoms with E-state index in [0.29, 0.717) is 5.03 Å². The Hall–Kier alpha value is -0.650. The zero-order valence-corrected chi connectivity index (χ0v) is 7.99. The van der Waals surface area contributed by atoms with Crippen molar-refractivity contribution < 1.29 is 4.79 Å². The summed E-state index contributed by atoms with van der Waals surface area (Å²) in [5, 5.41) is 0.455. The SMILES string of the molecule is C#CCN1C(=O)C(Cl)=C(Cl)C1C. The Kier molecular flexibility index (Phi) is 2.66. The average Bonchev–Trinajstić information content (AvgIpc) is 2.23. The third kappa shape index (κ3) is 1.31. The Morgan fingerprint density at radius 3 is 2.58 bits per heavy atom. The summed E-state index contributed by atoms with van der Waals surface area (Å²) in [6.45, 7) is 2.03. The summed E-state index contributed by atoms with van der Waals surface area (Å²) in [7, 11) is 0. The first kappa shape index (κ1) is 9.44. The first-order valence-electron chi connectivity index (χ1n) is 3.39. The topological polar surface area (TPSA) is 20.3 Å². The number of hydrogen-bond acceptors (Lipinski definition) is 1. The molecule has 1 unspecified atom stereocenters. The third-order valence-electron chi connectivity index (χ3n) is 1.75. The van der Waals surface area contributed by atoms with E-state index in [-0.39, 0.29) is 23.5 Å². The molecule has 0 saturated carbocycles. The summed E-state index contributed by atoms with van der Waals surface area (Å²) < 4.78 is 0. The van der Waals surface area contributed by atoms with Gasteiger partial charge in [-0.3, -0.25) is 4.79 Å². The van der Waals surface area contributed by atoms with Gasteiger partial charge in [-0.2, -0.15) is 0 Å². The molecular weight excluding hydrogens is 197 g/mol. The minimum absolute atomic E-state index is 0.0828. The molecule has 12 heavy (non-hydrogen) atoms. The van der Waals surface area contributed by atoms with Gasteiger partial charge in [0.05, 0.1) is 17.6 Å². The van der Waals surface area contributed by atoms with Crippen molar-refractivity contribution in [3.05, 3.63) is 10.1 Å². The van der Waals surface area contributed by atoms with Gasteiger partial charge < -0.3 is 4.90 Å². The highest BCUT2D eigenvalue weighted by molar-refractivity contribution is 6.49. The largest absolute Gasteiger partial charge is 0.319 e. The molecule has 0 aromatic carbocycles. The van der Waals surface area contributed by atoms with Crippen molar-refractivity contribution in [3.63, 3.8) is 0 Å². The van der Waals surface area contributed by atoms with Crippen molar-refractivity contribution >= 4 is 29.1 Å². The fraction of sp³-hybridized carbons (Fsp3) is 0.375. The minimum Gasteiger partial charge on any atom is -0.319 e. The van der Waals surface area contributed by atoms with Crippen molar-refractivity contribution in [3.8, 4) is 12.3 Å². The zero-order valence-electron chi connectivity index (χ0n) is 6.47. The minimum atomic E-state index is -0.285. The Balaban J connectivity index is 2.89. The summed E-state index contributed by atoms with van der Waals surface area (Å²) in [6.07, 6.45) is 5.08. The van der Waals surface area contributed by atoms with E-state index >= 15 is 0 Å². The summed E-state index contributed by atoms with van der Waals surface area (Å²) >= 11 is 11.4. The third-order valence-corrected chi connectivity index (χ3v) is 2.72. The van der Waals surface area contributed by atoms with E-state index in [1.807, 2.05) is 0 Å². The van der Waals surface area contributed by atoms with Crippen LogP contribution in [0.1, 0.15) is 6.92 Å². The van der Waals surface area contributed by atoms with Crippen LogP contribution in [0.4, 0.5) is 0 Å². The first-order chi connectivity index (χ1) is 5.59. The molecule has 64 valence electrons. The molecule has 0 N–H and O–H groups in total. The van der Waals surface area contributed by atoms with Crippen molar-refractivity contribution in [1.29, 1.82) is 0 Å². The molecule has 0 aromatic heterocycles. The second-order valence-electron chi connectivity index (χ2n) is 2.48. The van der Waals surface area contributed by atoms with E-state index in [9.17, 15) is 4.79 Å². The maximum atomic E-state index is 11.3. The van der Waals surface area contributed by atoms with E-state index in [0.717, 1.165) is 0 Å². The van der Waals surface area contributed by atoms with Gasteiger partial charge in [-0.1, -0.05) is 29.1 Å². The Morgan fingerprint density at radius 1 is 1.67 bits per heavy atom. The maximum Gasteiger partial charge on any atom is 0.267 e. The fourth-order valence-corrected chi connectivity index (χ4v) is 1.50. The molecule has 0 bridgehead atoms. The van der Waals surface area contributed by atoms with Crippen LogP contribution < -0.4 is 0 Å². The first-order valence-corrected chi connectivity index (χ1v) is 4.14. The molecule has 1 heterocycles. The van der Waals surface area contributed by atoms with Crippen LogP contribution in [0.25, 0.3) is 0 Å². The van der Waals surface area contributed by atoms with Gasteiger partial charge in [0.25, 0.3) is 5.91 Å². The smallest absolute Gasteiger partial charge is 0.267 e. The van der Waals surface area contributed by atoms with Crippen LogP contribution in [0, 0.1) is 12.3 Å². The van der Waals surface area contributed by atoms with Gasteiger partial charge in [-0.05, 0) is 6.92 Å². The number of hydrogen-bond donors (Lipinski definition) is 0. The molecule has 1 aliphatic heterocycles.